The molecule has 21 heavy (non-hydrogen) atoms. The van der Waals surface area contributed by atoms with E-state index in [4.69, 9.17) is 9.47 Å². The topological polar surface area (TPSA) is 30.5 Å². The van der Waals surface area contributed by atoms with Crippen molar-refractivity contribution in [2.24, 2.45) is 0 Å². The molecule has 0 bridgehead atoms. The van der Waals surface area contributed by atoms with Crippen molar-refractivity contribution in [3.63, 3.8) is 0 Å². The van der Waals surface area contributed by atoms with Gasteiger partial charge in [-0.2, -0.15) is 0 Å². The summed E-state index contributed by atoms with van der Waals surface area (Å²) in [6.07, 6.45) is 4.98. The molecular formula is C18H29NO2. The highest BCUT2D eigenvalue weighted by atomic mass is 16.5. The summed E-state index contributed by atoms with van der Waals surface area (Å²) in [6, 6.07) is 9.54. The summed E-state index contributed by atoms with van der Waals surface area (Å²) in [5.74, 6) is 0.595. The van der Waals surface area contributed by atoms with Gasteiger partial charge in [-0.25, -0.2) is 0 Å². The van der Waals surface area contributed by atoms with Crippen LogP contribution in [-0.4, -0.2) is 39.5 Å². The molecule has 1 saturated carbocycles. The molecule has 0 spiro atoms. The van der Waals surface area contributed by atoms with Crippen LogP contribution in [0.15, 0.2) is 24.3 Å². The normalized spacial score (nSPS) is 16.1. The fraction of sp³-hybridized carbons (Fsp3) is 0.667. The molecule has 0 heterocycles. The van der Waals surface area contributed by atoms with E-state index in [-0.39, 0.29) is 0 Å². The molecule has 0 radical (unpaired) electrons. The van der Waals surface area contributed by atoms with Gasteiger partial charge in [0.15, 0.2) is 0 Å². The number of hydrogen-bond acceptors (Lipinski definition) is 3. The number of aryl methyl sites for hydroxylation is 1. The molecule has 1 aliphatic rings. The van der Waals surface area contributed by atoms with Gasteiger partial charge in [0.25, 0.3) is 0 Å². The van der Waals surface area contributed by atoms with Crippen LogP contribution in [0.5, 0.6) is 0 Å². The van der Waals surface area contributed by atoms with Gasteiger partial charge < -0.3 is 14.8 Å². The smallest absolute Gasteiger partial charge is 0.0700 e. The lowest BCUT2D eigenvalue weighted by Gasteiger charge is -2.20. The van der Waals surface area contributed by atoms with Crippen LogP contribution in [0.25, 0.3) is 0 Å². The number of methoxy groups -OCH3 is 1. The number of nitrogens with one attached hydrogen (secondary N) is 1. The zero-order valence-corrected chi connectivity index (χ0v) is 13.4. The van der Waals surface area contributed by atoms with Crippen molar-refractivity contribution in [3.8, 4) is 0 Å². The summed E-state index contributed by atoms with van der Waals surface area (Å²) in [7, 11) is 1.71. The van der Waals surface area contributed by atoms with Crippen LogP contribution in [-0.2, 0) is 9.47 Å². The fourth-order valence-corrected chi connectivity index (χ4v) is 2.68. The second kappa shape index (κ2) is 9.19. The quantitative estimate of drug-likeness (QED) is 0.635. The van der Waals surface area contributed by atoms with Gasteiger partial charge in [-0.1, -0.05) is 24.3 Å². The van der Waals surface area contributed by atoms with Gasteiger partial charge in [0.1, 0.15) is 0 Å². The zero-order chi connectivity index (χ0) is 14.9. The van der Waals surface area contributed by atoms with Crippen molar-refractivity contribution < 1.29 is 9.47 Å². The standard InChI is InChI=1S/C18H29NO2/c1-15-6-3-4-8-18(15)16(14-19-17-9-10-17)7-5-11-21-13-12-20-2/h3-4,6,8,16-17,19H,5,7,9-14H2,1-2H3. The molecule has 0 amide bonds. The van der Waals surface area contributed by atoms with E-state index in [0.29, 0.717) is 19.1 Å². The van der Waals surface area contributed by atoms with E-state index in [9.17, 15) is 0 Å². The maximum Gasteiger partial charge on any atom is 0.0700 e. The van der Waals surface area contributed by atoms with Crippen molar-refractivity contribution in [2.45, 2.75) is 44.6 Å². The predicted molar refractivity (Wildman–Crippen MR) is 86.9 cm³/mol. The SMILES string of the molecule is COCCOCCCC(CNC1CC1)c1ccccc1C. The summed E-state index contributed by atoms with van der Waals surface area (Å²) in [6.45, 7) is 5.52. The molecule has 1 aromatic carbocycles. The third-order valence-corrected chi connectivity index (χ3v) is 4.13. The summed E-state index contributed by atoms with van der Waals surface area (Å²) in [5.41, 5.74) is 2.89. The van der Waals surface area contributed by atoms with E-state index in [0.717, 1.165) is 25.6 Å². The van der Waals surface area contributed by atoms with E-state index in [1.54, 1.807) is 7.11 Å². The minimum Gasteiger partial charge on any atom is -0.382 e. The third kappa shape index (κ3) is 6.16. The minimum atomic E-state index is 0.595. The molecule has 1 N–H and O–H groups in total. The predicted octanol–water partition coefficient (Wildman–Crippen LogP) is 3.27. The Kier molecular flexibility index (Phi) is 7.20. The molecule has 1 unspecified atom stereocenters. The van der Waals surface area contributed by atoms with Gasteiger partial charge in [0.05, 0.1) is 13.2 Å². The molecule has 3 heteroatoms. The van der Waals surface area contributed by atoms with E-state index >= 15 is 0 Å². The fourth-order valence-electron chi connectivity index (χ4n) is 2.68. The van der Waals surface area contributed by atoms with Crippen molar-refractivity contribution in [1.29, 1.82) is 0 Å². The van der Waals surface area contributed by atoms with Gasteiger partial charge in [-0.3, -0.25) is 0 Å². The molecule has 2 rings (SSSR count). The first-order valence-electron chi connectivity index (χ1n) is 8.17. The number of ether oxygens (including phenoxy) is 2. The Bertz CT molecular complexity index is 404. The number of hydrogen-bond donors (Lipinski definition) is 1. The van der Waals surface area contributed by atoms with E-state index < -0.39 is 0 Å². The molecule has 1 fully saturated rings. The first-order valence-corrected chi connectivity index (χ1v) is 8.17. The monoisotopic (exact) mass is 291 g/mol. The van der Waals surface area contributed by atoms with Gasteiger partial charge >= 0.3 is 0 Å². The lowest BCUT2D eigenvalue weighted by molar-refractivity contribution is 0.0681. The van der Waals surface area contributed by atoms with E-state index in [2.05, 4.69) is 36.5 Å². The molecule has 1 aromatic rings. The van der Waals surface area contributed by atoms with Gasteiger partial charge in [0.2, 0.25) is 0 Å². The van der Waals surface area contributed by atoms with Crippen LogP contribution in [0.4, 0.5) is 0 Å². The van der Waals surface area contributed by atoms with Crippen LogP contribution in [0.3, 0.4) is 0 Å². The number of rotatable bonds is 11. The Morgan fingerprint density at radius 2 is 2.00 bits per heavy atom. The van der Waals surface area contributed by atoms with E-state index in [1.807, 2.05) is 0 Å². The summed E-state index contributed by atoms with van der Waals surface area (Å²) in [4.78, 5) is 0. The van der Waals surface area contributed by atoms with Gasteiger partial charge in [-0.15, -0.1) is 0 Å². The maximum absolute atomic E-state index is 5.58. The highest BCUT2D eigenvalue weighted by Gasteiger charge is 2.22. The Labute approximate surface area is 129 Å². The molecule has 118 valence electrons. The van der Waals surface area contributed by atoms with Crippen LogP contribution in [0.1, 0.15) is 42.7 Å². The largest absolute Gasteiger partial charge is 0.382 e. The first-order chi connectivity index (χ1) is 10.3. The average molecular weight is 291 g/mol. The second-order valence-corrected chi connectivity index (χ2v) is 5.98. The highest BCUT2D eigenvalue weighted by molar-refractivity contribution is 5.29. The van der Waals surface area contributed by atoms with Crippen LogP contribution in [0.2, 0.25) is 0 Å². The van der Waals surface area contributed by atoms with Gasteiger partial charge in [-0.05, 0) is 49.7 Å². The average Bonchev–Trinajstić information content (AvgIpc) is 3.31. The van der Waals surface area contributed by atoms with Crippen molar-refractivity contribution >= 4 is 0 Å². The Morgan fingerprint density at radius 3 is 2.71 bits per heavy atom. The summed E-state index contributed by atoms with van der Waals surface area (Å²) in [5, 5.41) is 3.68. The van der Waals surface area contributed by atoms with Crippen molar-refractivity contribution in [3.05, 3.63) is 35.4 Å². The van der Waals surface area contributed by atoms with Crippen LogP contribution < -0.4 is 5.32 Å². The molecule has 0 aliphatic heterocycles. The summed E-state index contributed by atoms with van der Waals surface area (Å²) < 4.78 is 10.6. The lowest BCUT2D eigenvalue weighted by atomic mass is 9.91. The van der Waals surface area contributed by atoms with E-state index in [1.165, 1.54) is 30.4 Å². The second-order valence-electron chi connectivity index (χ2n) is 5.98. The Hall–Kier alpha value is -0.900. The molecule has 1 aliphatic carbocycles. The maximum atomic E-state index is 5.58. The first kappa shape index (κ1) is 16.5. The lowest BCUT2D eigenvalue weighted by Crippen LogP contribution is -2.24. The Morgan fingerprint density at radius 1 is 1.19 bits per heavy atom. The van der Waals surface area contributed by atoms with Crippen molar-refractivity contribution in [1.82, 2.24) is 5.32 Å². The Balaban J connectivity index is 1.79. The third-order valence-electron chi connectivity index (χ3n) is 4.13. The molecule has 0 saturated heterocycles. The molecular weight excluding hydrogens is 262 g/mol. The zero-order valence-electron chi connectivity index (χ0n) is 13.4. The molecule has 3 nitrogen and oxygen atoms in total. The van der Waals surface area contributed by atoms with Crippen molar-refractivity contribution in [2.75, 3.05) is 33.5 Å². The van der Waals surface area contributed by atoms with Crippen LogP contribution in [0, 0.1) is 6.92 Å². The van der Waals surface area contributed by atoms with Crippen LogP contribution >= 0.6 is 0 Å². The molecule has 1 atom stereocenters. The number of benzene rings is 1. The van der Waals surface area contributed by atoms with Gasteiger partial charge in [0, 0.05) is 26.3 Å². The minimum absolute atomic E-state index is 0.595. The highest BCUT2D eigenvalue weighted by Crippen LogP contribution is 2.26. The molecule has 0 aromatic heterocycles. The summed E-state index contributed by atoms with van der Waals surface area (Å²) >= 11 is 0.